The van der Waals surface area contributed by atoms with Gasteiger partial charge in [-0.05, 0) is 44.6 Å². The molecule has 0 aromatic heterocycles. The smallest absolute Gasteiger partial charge is 0.235 e. The second kappa shape index (κ2) is 7.26. The first-order chi connectivity index (χ1) is 15.7. The van der Waals surface area contributed by atoms with Crippen molar-refractivity contribution in [2.75, 3.05) is 14.1 Å². The van der Waals surface area contributed by atoms with Gasteiger partial charge < -0.3 is 22.3 Å². The number of aromatic hydroxyl groups is 1. The fourth-order valence-corrected chi connectivity index (χ4v) is 6.64. The van der Waals surface area contributed by atoms with Gasteiger partial charge in [0.25, 0.3) is 0 Å². The van der Waals surface area contributed by atoms with Crippen LogP contribution in [0.5, 0.6) is 5.75 Å². The molecule has 0 bridgehead atoms. The van der Waals surface area contributed by atoms with E-state index in [0.29, 0.717) is 10.0 Å². The number of halogens is 1. The summed E-state index contributed by atoms with van der Waals surface area (Å²) < 4.78 is 0.460. The van der Waals surface area contributed by atoms with Crippen molar-refractivity contribution in [3.63, 3.8) is 0 Å². The molecule has 34 heavy (non-hydrogen) atoms. The van der Waals surface area contributed by atoms with Crippen molar-refractivity contribution in [1.82, 2.24) is 4.90 Å². The number of carbonyl (C=O) groups is 5. The first kappa shape index (κ1) is 24.2. The van der Waals surface area contributed by atoms with Crippen LogP contribution in [-0.2, 0) is 25.6 Å². The van der Waals surface area contributed by atoms with Crippen molar-refractivity contribution in [2.45, 2.75) is 30.0 Å². The maximum Gasteiger partial charge on any atom is 0.235 e. The number of likely N-dealkylation sites (N-methyl/N-ethyl adjacent to an activating group) is 1. The second-order valence-electron chi connectivity index (χ2n) is 9.54. The predicted molar refractivity (Wildman–Crippen MR) is 119 cm³/mol. The predicted octanol–water partition coefficient (Wildman–Crippen LogP) is -1.43. The zero-order chi connectivity index (χ0) is 25.5. The molecular weight excluding hydrogens is 510 g/mol. The number of hydrogen-bond donors (Lipinski definition) is 4. The van der Waals surface area contributed by atoms with Gasteiger partial charge in [-0.25, -0.2) is 0 Å². The molecule has 2 unspecified atom stereocenters. The number of hydrogen-bond acceptors (Lipinski definition) is 10. The lowest BCUT2D eigenvalue weighted by Gasteiger charge is -2.60. The molecule has 2 fully saturated rings. The van der Waals surface area contributed by atoms with Gasteiger partial charge in [-0.15, -0.1) is 0 Å². The number of phenolic OH excluding ortho intramolecular Hbond substituents is 1. The van der Waals surface area contributed by atoms with Crippen molar-refractivity contribution >= 4 is 45.0 Å². The molecule has 1 aromatic carbocycles. The minimum Gasteiger partial charge on any atom is -0.507 e. The molecule has 4 rings (SSSR count). The molecule has 0 aliphatic heterocycles. The van der Waals surface area contributed by atoms with Gasteiger partial charge in [0.05, 0.1) is 23.2 Å². The number of phenols is 1. The van der Waals surface area contributed by atoms with Crippen LogP contribution in [-0.4, -0.2) is 70.3 Å². The summed E-state index contributed by atoms with van der Waals surface area (Å²) >= 11 is 3.33. The minimum atomic E-state index is -2.74. The van der Waals surface area contributed by atoms with Crippen molar-refractivity contribution in [3.05, 3.63) is 27.7 Å². The van der Waals surface area contributed by atoms with E-state index in [4.69, 9.17) is 17.2 Å². The molecule has 3 aliphatic carbocycles. The molecule has 6 atom stereocenters. The highest BCUT2D eigenvalue weighted by Gasteiger charge is 2.78. The van der Waals surface area contributed by atoms with Gasteiger partial charge in [0.2, 0.25) is 5.91 Å². The molecule has 3 aliphatic rings. The molecule has 1 aromatic rings. The number of nitrogens with two attached hydrogens (primary N) is 3. The zero-order valence-electron chi connectivity index (χ0n) is 18.3. The van der Waals surface area contributed by atoms with Crippen LogP contribution in [0.15, 0.2) is 16.6 Å². The van der Waals surface area contributed by atoms with Crippen LogP contribution in [0.2, 0.25) is 0 Å². The summed E-state index contributed by atoms with van der Waals surface area (Å²) in [5.74, 6) is -9.87. The highest BCUT2D eigenvalue weighted by molar-refractivity contribution is 9.10. The molecule has 7 N–H and O–H groups in total. The zero-order valence-corrected chi connectivity index (χ0v) is 19.9. The Bertz CT molecular complexity index is 1260. The maximum atomic E-state index is 14.0. The first-order valence-corrected chi connectivity index (χ1v) is 11.1. The lowest BCUT2D eigenvalue weighted by Crippen LogP contribution is -2.85. The van der Waals surface area contributed by atoms with Crippen LogP contribution in [0.25, 0.3) is 0 Å². The average Bonchev–Trinajstić information content (AvgIpc) is 2.69. The van der Waals surface area contributed by atoms with Crippen molar-refractivity contribution in [2.24, 2.45) is 34.5 Å². The molecule has 0 saturated heterocycles. The topological polar surface area (TPSA) is 211 Å². The molecule has 2 saturated carbocycles. The van der Waals surface area contributed by atoms with Gasteiger partial charge in [0, 0.05) is 10.0 Å². The number of benzene rings is 1. The molecule has 11 nitrogen and oxygen atoms in total. The van der Waals surface area contributed by atoms with Crippen molar-refractivity contribution in [1.29, 1.82) is 5.26 Å². The Morgan fingerprint density at radius 1 is 1.21 bits per heavy atom. The van der Waals surface area contributed by atoms with Gasteiger partial charge in [-0.3, -0.25) is 28.9 Å². The van der Waals surface area contributed by atoms with Crippen LogP contribution in [0.1, 0.15) is 22.3 Å². The number of ketones is 4. The highest BCUT2D eigenvalue weighted by Crippen LogP contribution is 2.56. The third-order valence-corrected chi connectivity index (χ3v) is 8.16. The Kier molecular flexibility index (Phi) is 5.16. The summed E-state index contributed by atoms with van der Waals surface area (Å²) in [6, 6.07) is 3.01. The van der Waals surface area contributed by atoms with E-state index in [-0.39, 0.29) is 17.7 Å². The number of Topliss-reactive ketones (excluding diaryl/α,β-unsaturated/α-hetero) is 4. The monoisotopic (exact) mass is 531 g/mol. The van der Waals surface area contributed by atoms with E-state index in [9.17, 15) is 34.3 Å². The Labute approximate surface area is 202 Å². The van der Waals surface area contributed by atoms with Crippen molar-refractivity contribution in [3.8, 4) is 11.8 Å². The molecule has 12 heteroatoms. The number of rotatable bonds is 2. The van der Waals surface area contributed by atoms with Gasteiger partial charge in [0.15, 0.2) is 34.5 Å². The van der Waals surface area contributed by atoms with E-state index >= 15 is 0 Å². The van der Waals surface area contributed by atoms with Crippen molar-refractivity contribution < 1.29 is 29.1 Å². The lowest BCUT2D eigenvalue weighted by atomic mass is 9.43. The summed E-state index contributed by atoms with van der Waals surface area (Å²) in [7, 11) is 2.89. The second-order valence-corrected chi connectivity index (χ2v) is 10.4. The number of amides is 1. The van der Waals surface area contributed by atoms with Crippen LogP contribution < -0.4 is 17.2 Å². The summed E-state index contributed by atoms with van der Waals surface area (Å²) in [6.45, 7) is 0. The SMILES string of the molecule is CN(C)[C@@H]1C(=O)C(C(N)=O)C(=O)[C@@]2(C#N)C(=O)C3C(=O)c4c(O)ccc(Br)c4C[C@@]3(N)C[C@@]12N. The highest BCUT2D eigenvalue weighted by atomic mass is 79.9. The molecule has 1 amide bonds. The Balaban J connectivity index is 2.04. The fraction of sp³-hybridized carbons (Fsp3) is 0.455. The third kappa shape index (κ3) is 2.63. The van der Waals surface area contributed by atoms with E-state index in [1.807, 2.05) is 0 Å². The van der Waals surface area contributed by atoms with E-state index in [1.165, 1.54) is 31.1 Å². The number of nitrogens with zero attached hydrogens (tertiary/aromatic N) is 2. The molecule has 0 spiro atoms. The Morgan fingerprint density at radius 3 is 2.35 bits per heavy atom. The van der Waals surface area contributed by atoms with Gasteiger partial charge >= 0.3 is 0 Å². The molecule has 178 valence electrons. The first-order valence-electron chi connectivity index (χ1n) is 10.3. The fourth-order valence-electron chi connectivity index (χ4n) is 6.17. The summed E-state index contributed by atoms with van der Waals surface area (Å²) in [4.78, 5) is 67.8. The number of nitriles is 1. The number of primary amides is 1. The van der Waals surface area contributed by atoms with E-state index < -0.39 is 69.8 Å². The minimum absolute atomic E-state index is 0.109. The standard InChI is InChI=1S/C22H22BrN5O6/c1-28(2)16-15(31)12(19(25)34)17(32)21(7-24)18(33)13-14(30)11-8(9(23)3-4-10(11)29)5-20(13,26)6-22(16,21)27/h3-4,12-13,16,29H,5-6,26-27H2,1-2H3,(H2,25,34)/t12?,13?,16-,20-,21+,22-/m1/s1. The van der Waals surface area contributed by atoms with Gasteiger partial charge in [-0.2, -0.15) is 5.26 Å². The lowest BCUT2D eigenvalue weighted by molar-refractivity contribution is -0.166. The normalized spacial score (nSPS) is 37.0. The number of carbonyl (C=O) groups excluding carboxylic acids is 5. The third-order valence-electron chi connectivity index (χ3n) is 7.42. The summed E-state index contributed by atoms with van der Waals surface area (Å²) in [5.41, 5.74) is 12.3. The quantitative estimate of drug-likeness (QED) is 0.326. The van der Waals surface area contributed by atoms with Crippen LogP contribution in [0.3, 0.4) is 0 Å². The maximum absolute atomic E-state index is 14.0. The molecule has 0 heterocycles. The van der Waals surface area contributed by atoms with E-state index in [1.54, 1.807) is 6.07 Å². The molecule has 0 radical (unpaired) electrons. The van der Waals surface area contributed by atoms with Crippen LogP contribution >= 0.6 is 15.9 Å². The van der Waals surface area contributed by atoms with E-state index in [0.717, 1.165) is 0 Å². The van der Waals surface area contributed by atoms with Gasteiger partial charge in [-0.1, -0.05) is 15.9 Å². The Morgan fingerprint density at radius 2 is 1.82 bits per heavy atom. The van der Waals surface area contributed by atoms with Crippen LogP contribution in [0, 0.1) is 28.6 Å². The largest absolute Gasteiger partial charge is 0.507 e. The Hall–Kier alpha value is -2.98. The average molecular weight is 532 g/mol. The summed E-state index contributed by atoms with van der Waals surface area (Å²) in [6.07, 6.45) is -0.551. The van der Waals surface area contributed by atoms with Gasteiger partial charge in [0.1, 0.15) is 11.7 Å². The summed E-state index contributed by atoms with van der Waals surface area (Å²) in [5, 5.41) is 20.6. The van der Waals surface area contributed by atoms with E-state index in [2.05, 4.69) is 15.9 Å². The molecular formula is C22H22BrN5O6. The van der Waals surface area contributed by atoms with Crippen LogP contribution in [0.4, 0.5) is 0 Å². The number of fused-ring (bicyclic) bond motifs is 3.